The first kappa shape index (κ1) is 17.5. The molecule has 0 radical (unpaired) electrons. The average Bonchev–Trinajstić information content (AvgIpc) is 2.51. The van der Waals surface area contributed by atoms with E-state index in [-0.39, 0.29) is 37.9 Å². The van der Waals surface area contributed by atoms with Gasteiger partial charge in [-0.15, -0.1) is 0 Å². The second-order valence-corrected chi connectivity index (χ2v) is 4.01. The van der Waals surface area contributed by atoms with Gasteiger partial charge < -0.3 is 18.9 Å². The molecule has 0 bridgehead atoms. The van der Waals surface area contributed by atoms with Crippen molar-refractivity contribution in [3.8, 4) is 11.5 Å². The summed E-state index contributed by atoms with van der Waals surface area (Å²) in [6, 6.07) is 4.39. The quantitative estimate of drug-likeness (QED) is 0.503. The van der Waals surface area contributed by atoms with Gasteiger partial charge in [-0.05, 0) is 32.0 Å². The summed E-state index contributed by atoms with van der Waals surface area (Å²) < 4.78 is 20.0. The normalized spacial score (nSPS) is 9.73. The third-order valence-corrected chi connectivity index (χ3v) is 2.41. The van der Waals surface area contributed by atoms with Gasteiger partial charge >= 0.3 is 11.9 Å². The molecular formula is C15H18O7. The summed E-state index contributed by atoms with van der Waals surface area (Å²) in [4.78, 5) is 33.4. The van der Waals surface area contributed by atoms with E-state index >= 15 is 0 Å². The molecule has 0 amide bonds. The van der Waals surface area contributed by atoms with Gasteiger partial charge in [0.25, 0.3) is 0 Å². The van der Waals surface area contributed by atoms with E-state index in [4.69, 9.17) is 18.9 Å². The number of aldehydes is 1. The molecule has 1 aromatic carbocycles. The summed E-state index contributed by atoms with van der Waals surface area (Å²) in [6.45, 7) is 3.22. The zero-order chi connectivity index (χ0) is 16.4. The summed E-state index contributed by atoms with van der Waals surface area (Å²) in [5.41, 5.74) is 0.349. The summed E-state index contributed by atoms with van der Waals surface area (Å²) >= 11 is 0. The Morgan fingerprint density at radius 2 is 1.50 bits per heavy atom. The van der Waals surface area contributed by atoms with Crippen molar-refractivity contribution in [1.29, 1.82) is 0 Å². The molecule has 0 aliphatic carbocycles. The zero-order valence-corrected chi connectivity index (χ0v) is 12.5. The molecule has 0 aromatic heterocycles. The van der Waals surface area contributed by atoms with Crippen LogP contribution in [-0.2, 0) is 19.1 Å². The molecule has 7 heteroatoms. The molecule has 0 saturated carbocycles. The topological polar surface area (TPSA) is 88.1 Å². The standard InChI is InChI=1S/C15H18O7/c1-3-19-14(17)9-21-12-6-5-11(8-16)7-13(12)22-10-15(18)20-4-2/h5-8H,3-4,9-10H2,1-2H3. The van der Waals surface area contributed by atoms with Gasteiger partial charge in [-0.1, -0.05) is 0 Å². The maximum atomic E-state index is 11.3. The lowest BCUT2D eigenvalue weighted by atomic mass is 10.2. The molecule has 1 aromatic rings. The highest BCUT2D eigenvalue weighted by molar-refractivity contribution is 5.77. The van der Waals surface area contributed by atoms with Crippen LogP contribution in [0.3, 0.4) is 0 Å². The highest BCUT2D eigenvalue weighted by Crippen LogP contribution is 2.28. The molecule has 0 N–H and O–H groups in total. The summed E-state index contributed by atoms with van der Waals surface area (Å²) in [5.74, 6) is -0.682. The Morgan fingerprint density at radius 3 is 2.00 bits per heavy atom. The molecule has 1 rings (SSSR count). The highest BCUT2D eigenvalue weighted by atomic mass is 16.6. The minimum absolute atomic E-state index is 0.168. The van der Waals surface area contributed by atoms with Gasteiger partial charge in [0, 0.05) is 5.56 Å². The Hall–Kier alpha value is -2.57. The van der Waals surface area contributed by atoms with Gasteiger partial charge in [-0.25, -0.2) is 9.59 Å². The lowest BCUT2D eigenvalue weighted by Gasteiger charge is -2.12. The van der Waals surface area contributed by atoms with Crippen LogP contribution in [0.2, 0.25) is 0 Å². The van der Waals surface area contributed by atoms with Crippen LogP contribution < -0.4 is 9.47 Å². The van der Waals surface area contributed by atoms with Crippen LogP contribution in [0, 0.1) is 0 Å². The average molecular weight is 310 g/mol. The Kier molecular flexibility index (Phi) is 7.45. The predicted molar refractivity (Wildman–Crippen MR) is 76.1 cm³/mol. The Morgan fingerprint density at radius 1 is 0.955 bits per heavy atom. The molecule has 0 heterocycles. The molecule has 0 aliphatic heterocycles. The number of hydrogen-bond acceptors (Lipinski definition) is 7. The third-order valence-electron chi connectivity index (χ3n) is 2.41. The van der Waals surface area contributed by atoms with Crippen LogP contribution in [0.5, 0.6) is 11.5 Å². The fraction of sp³-hybridized carbons (Fsp3) is 0.400. The van der Waals surface area contributed by atoms with Crippen molar-refractivity contribution in [2.45, 2.75) is 13.8 Å². The van der Waals surface area contributed by atoms with Crippen LogP contribution in [-0.4, -0.2) is 44.7 Å². The summed E-state index contributed by atoms with van der Waals surface area (Å²) in [5, 5.41) is 0. The van der Waals surface area contributed by atoms with E-state index < -0.39 is 11.9 Å². The van der Waals surface area contributed by atoms with E-state index in [0.717, 1.165) is 0 Å². The van der Waals surface area contributed by atoms with Gasteiger partial charge in [0.05, 0.1) is 13.2 Å². The van der Waals surface area contributed by atoms with Crippen LogP contribution in [0.4, 0.5) is 0 Å². The molecule has 0 unspecified atom stereocenters. The molecule has 0 spiro atoms. The zero-order valence-electron chi connectivity index (χ0n) is 12.5. The number of rotatable bonds is 9. The lowest BCUT2D eigenvalue weighted by molar-refractivity contribution is -0.146. The summed E-state index contributed by atoms with van der Waals surface area (Å²) in [6.07, 6.45) is 0.631. The smallest absolute Gasteiger partial charge is 0.344 e. The number of hydrogen-bond donors (Lipinski definition) is 0. The van der Waals surface area contributed by atoms with Crippen molar-refractivity contribution in [3.05, 3.63) is 23.8 Å². The van der Waals surface area contributed by atoms with E-state index in [1.807, 2.05) is 0 Å². The predicted octanol–water partition coefficient (Wildman–Crippen LogP) is 1.38. The van der Waals surface area contributed by atoms with E-state index in [1.165, 1.54) is 18.2 Å². The van der Waals surface area contributed by atoms with Crippen LogP contribution in [0.1, 0.15) is 24.2 Å². The first-order valence-electron chi connectivity index (χ1n) is 6.76. The molecule has 22 heavy (non-hydrogen) atoms. The monoisotopic (exact) mass is 310 g/mol. The van der Waals surface area contributed by atoms with Crippen molar-refractivity contribution >= 4 is 18.2 Å². The molecule has 0 atom stereocenters. The van der Waals surface area contributed by atoms with Crippen molar-refractivity contribution in [2.75, 3.05) is 26.4 Å². The minimum Gasteiger partial charge on any atom is -0.478 e. The lowest BCUT2D eigenvalue weighted by Crippen LogP contribution is -2.17. The maximum absolute atomic E-state index is 11.3. The molecule has 7 nitrogen and oxygen atoms in total. The fourth-order valence-electron chi connectivity index (χ4n) is 1.51. The van der Waals surface area contributed by atoms with E-state index in [0.29, 0.717) is 11.8 Å². The van der Waals surface area contributed by atoms with Gasteiger partial charge in [-0.2, -0.15) is 0 Å². The minimum atomic E-state index is -0.546. The van der Waals surface area contributed by atoms with Gasteiger partial charge in [0.2, 0.25) is 0 Å². The highest BCUT2D eigenvalue weighted by Gasteiger charge is 2.12. The van der Waals surface area contributed by atoms with Crippen molar-refractivity contribution in [3.63, 3.8) is 0 Å². The van der Waals surface area contributed by atoms with E-state index in [9.17, 15) is 14.4 Å². The summed E-state index contributed by atoms with van der Waals surface area (Å²) in [7, 11) is 0. The fourth-order valence-corrected chi connectivity index (χ4v) is 1.51. The molecule has 0 saturated heterocycles. The number of benzene rings is 1. The van der Waals surface area contributed by atoms with Crippen molar-refractivity contribution in [1.82, 2.24) is 0 Å². The first-order chi connectivity index (χ1) is 10.6. The van der Waals surface area contributed by atoms with Gasteiger partial charge in [-0.3, -0.25) is 4.79 Å². The number of ether oxygens (including phenoxy) is 4. The van der Waals surface area contributed by atoms with E-state index in [2.05, 4.69) is 0 Å². The van der Waals surface area contributed by atoms with Crippen LogP contribution >= 0.6 is 0 Å². The van der Waals surface area contributed by atoms with Crippen molar-refractivity contribution < 1.29 is 33.3 Å². The Bertz CT molecular complexity index is 525. The Balaban J connectivity index is 2.75. The number of carbonyl (C=O) groups is 3. The SMILES string of the molecule is CCOC(=O)COc1ccc(C=O)cc1OCC(=O)OCC. The Labute approximate surface area is 128 Å². The molecule has 0 fully saturated rings. The number of esters is 2. The van der Waals surface area contributed by atoms with Crippen LogP contribution in [0.15, 0.2) is 18.2 Å². The molecular weight excluding hydrogens is 292 g/mol. The van der Waals surface area contributed by atoms with Gasteiger partial charge in [0.15, 0.2) is 24.7 Å². The molecule has 120 valence electrons. The molecule has 0 aliphatic rings. The second-order valence-electron chi connectivity index (χ2n) is 4.01. The number of carbonyl (C=O) groups excluding carboxylic acids is 3. The van der Waals surface area contributed by atoms with Crippen LogP contribution in [0.25, 0.3) is 0 Å². The van der Waals surface area contributed by atoms with Crippen molar-refractivity contribution in [2.24, 2.45) is 0 Å². The third kappa shape index (κ3) is 5.82. The van der Waals surface area contributed by atoms with E-state index in [1.54, 1.807) is 13.8 Å². The first-order valence-corrected chi connectivity index (χ1v) is 6.76. The largest absolute Gasteiger partial charge is 0.478 e. The van der Waals surface area contributed by atoms with Gasteiger partial charge in [0.1, 0.15) is 6.29 Å². The maximum Gasteiger partial charge on any atom is 0.344 e. The second kappa shape index (κ2) is 9.38.